The highest BCUT2D eigenvalue weighted by molar-refractivity contribution is 5.97. The van der Waals surface area contributed by atoms with Gasteiger partial charge in [-0.2, -0.15) is 0 Å². The Balaban J connectivity index is 1.99. The van der Waals surface area contributed by atoms with Crippen LogP contribution >= 0.6 is 0 Å². The Labute approximate surface area is 106 Å². The van der Waals surface area contributed by atoms with Crippen molar-refractivity contribution in [3.63, 3.8) is 0 Å². The smallest absolute Gasteiger partial charge is 0.337 e. The topological polar surface area (TPSA) is 84.6 Å². The van der Waals surface area contributed by atoms with Gasteiger partial charge in [0, 0.05) is 12.6 Å². The molecule has 1 fully saturated rings. The van der Waals surface area contributed by atoms with Gasteiger partial charge in [-0.3, -0.25) is 0 Å². The Hall–Kier alpha value is -1.75. The number of nitrogens with two attached hydrogens (primary N) is 1. The molecule has 2 rings (SSSR count). The maximum absolute atomic E-state index is 11.0. The van der Waals surface area contributed by atoms with Crippen LogP contribution in [0, 0.1) is 0 Å². The lowest BCUT2D eigenvalue weighted by Crippen LogP contribution is -2.41. The fourth-order valence-corrected chi connectivity index (χ4v) is 2.15. The summed E-state index contributed by atoms with van der Waals surface area (Å²) >= 11 is 0. The molecule has 98 valence electrons. The maximum Gasteiger partial charge on any atom is 0.337 e. The van der Waals surface area contributed by atoms with Crippen LogP contribution in [0.15, 0.2) is 18.2 Å². The van der Waals surface area contributed by atoms with E-state index in [-0.39, 0.29) is 5.56 Å². The quantitative estimate of drug-likeness (QED) is 0.695. The zero-order chi connectivity index (χ0) is 13.1. The van der Waals surface area contributed by atoms with Crippen LogP contribution < -0.4 is 11.1 Å². The lowest BCUT2D eigenvalue weighted by molar-refractivity contribution is 0.00299. The van der Waals surface area contributed by atoms with Crippen molar-refractivity contribution in [3.05, 3.63) is 23.8 Å². The molecule has 0 saturated heterocycles. The number of rotatable bonds is 5. The minimum atomic E-state index is -1.00. The number of hydrogen-bond acceptors (Lipinski definition) is 4. The summed E-state index contributed by atoms with van der Waals surface area (Å²) < 4.78 is 5.47. The maximum atomic E-state index is 11.0. The second-order valence-corrected chi connectivity index (χ2v) is 4.46. The van der Waals surface area contributed by atoms with E-state index in [1.54, 1.807) is 12.1 Å². The third-order valence-corrected chi connectivity index (χ3v) is 3.19. The van der Waals surface area contributed by atoms with Gasteiger partial charge >= 0.3 is 5.97 Å². The van der Waals surface area contributed by atoms with E-state index in [1.165, 1.54) is 6.07 Å². The van der Waals surface area contributed by atoms with E-state index >= 15 is 0 Å². The van der Waals surface area contributed by atoms with E-state index in [9.17, 15) is 4.79 Å². The second kappa shape index (κ2) is 5.27. The van der Waals surface area contributed by atoms with Crippen LogP contribution in [0.2, 0.25) is 0 Å². The summed E-state index contributed by atoms with van der Waals surface area (Å²) in [6, 6.07) is 5.32. The normalized spacial score (nSPS) is 22.3. The van der Waals surface area contributed by atoms with Crippen molar-refractivity contribution in [1.82, 2.24) is 0 Å². The zero-order valence-electron chi connectivity index (χ0n) is 10.3. The van der Waals surface area contributed by atoms with Gasteiger partial charge in [-0.05, 0) is 31.9 Å². The number of carboxylic acids is 1. The molecule has 0 aliphatic heterocycles. The van der Waals surface area contributed by atoms with Gasteiger partial charge in [0.25, 0.3) is 0 Å². The van der Waals surface area contributed by atoms with Gasteiger partial charge in [0.2, 0.25) is 0 Å². The molecule has 0 spiro atoms. The molecule has 1 aliphatic rings. The highest BCUT2D eigenvalue weighted by Crippen LogP contribution is 2.30. The average Bonchev–Trinajstić information content (AvgIpc) is 2.28. The first-order chi connectivity index (χ1) is 8.61. The summed E-state index contributed by atoms with van der Waals surface area (Å²) in [5, 5.41) is 12.2. The summed E-state index contributed by atoms with van der Waals surface area (Å²) in [5.41, 5.74) is 6.96. The fourth-order valence-electron chi connectivity index (χ4n) is 2.15. The van der Waals surface area contributed by atoms with Gasteiger partial charge in [-0.1, -0.05) is 6.07 Å². The van der Waals surface area contributed by atoms with Crippen LogP contribution in [0.3, 0.4) is 0 Å². The van der Waals surface area contributed by atoms with Gasteiger partial charge in [-0.25, -0.2) is 4.79 Å². The zero-order valence-corrected chi connectivity index (χ0v) is 10.3. The largest absolute Gasteiger partial charge is 0.478 e. The lowest BCUT2D eigenvalue weighted by Gasteiger charge is -2.36. The molecule has 1 saturated carbocycles. The highest BCUT2D eigenvalue weighted by Gasteiger charge is 2.29. The van der Waals surface area contributed by atoms with E-state index in [4.69, 9.17) is 15.6 Å². The standard InChI is InChI=1S/C13H18N2O3/c1-2-18-9-6-8(7-9)15-11-5-3-4-10(12(11)14)13(16)17/h3-5,8-9,15H,2,6-7,14H2,1H3,(H,16,17). The van der Waals surface area contributed by atoms with Crippen molar-refractivity contribution in [3.8, 4) is 0 Å². The Morgan fingerprint density at radius 2 is 2.28 bits per heavy atom. The second-order valence-electron chi connectivity index (χ2n) is 4.46. The minimum Gasteiger partial charge on any atom is -0.478 e. The van der Waals surface area contributed by atoms with E-state index < -0.39 is 5.97 Å². The van der Waals surface area contributed by atoms with E-state index in [1.807, 2.05) is 6.92 Å². The van der Waals surface area contributed by atoms with Crippen LogP contribution in [-0.4, -0.2) is 29.8 Å². The van der Waals surface area contributed by atoms with E-state index in [0.717, 1.165) is 19.4 Å². The lowest BCUT2D eigenvalue weighted by atomic mass is 9.89. The van der Waals surface area contributed by atoms with Crippen molar-refractivity contribution < 1.29 is 14.6 Å². The Morgan fingerprint density at radius 1 is 1.56 bits per heavy atom. The van der Waals surface area contributed by atoms with Crippen LogP contribution in [0.5, 0.6) is 0 Å². The predicted octanol–water partition coefficient (Wildman–Crippen LogP) is 1.95. The van der Waals surface area contributed by atoms with Gasteiger partial charge in [-0.15, -0.1) is 0 Å². The molecular weight excluding hydrogens is 232 g/mol. The summed E-state index contributed by atoms with van der Waals surface area (Å²) in [4.78, 5) is 11.0. The minimum absolute atomic E-state index is 0.140. The van der Waals surface area contributed by atoms with Gasteiger partial charge in [0.1, 0.15) is 0 Å². The van der Waals surface area contributed by atoms with Crippen molar-refractivity contribution in [2.45, 2.75) is 31.9 Å². The molecule has 5 heteroatoms. The number of hydrogen-bond donors (Lipinski definition) is 3. The number of benzene rings is 1. The molecule has 1 aromatic carbocycles. The van der Waals surface area contributed by atoms with Gasteiger partial charge in [0.05, 0.1) is 23.0 Å². The SMILES string of the molecule is CCOC1CC(Nc2cccc(C(=O)O)c2N)C1. The molecule has 0 radical (unpaired) electrons. The first-order valence-electron chi connectivity index (χ1n) is 6.11. The van der Waals surface area contributed by atoms with Crippen molar-refractivity contribution in [2.24, 2.45) is 0 Å². The molecule has 0 heterocycles. The first-order valence-corrected chi connectivity index (χ1v) is 6.11. The van der Waals surface area contributed by atoms with Crippen LogP contribution in [0.1, 0.15) is 30.1 Å². The number of anilines is 2. The number of nitrogens with one attached hydrogen (secondary N) is 1. The number of nitrogen functional groups attached to an aromatic ring is 1. The van der Waals surface area contributed by atoms with Gasteiger partial charge < -0.3 is 20.9 Å². The molecule has 0 amide bonds. The summed E-state index contributed by atoms with van der Waals surface area (Å²) in [7, 11) is 0. The molecule has 0 aromatic heterocycles. The van der Waals surface area contributed by atoms with Crippen molar-refractivity contribution in [2.75, 3.05) is 17.7 Å². The molecule has 18 heavy (non-hydrogen) atoms. The van der Waals surface area contributed by atoms with Gasteiger partial charge in [0.15, 0.2) is 0 Å². The summed E-state index contributed by atoms with van der Waals surface area (Å²) in [6.07, 6.45) is 2.19. The number of carbonyl (C=O) groups is 1. The average molecular weight is 250 g/mol. The fraction of sp³-hybridized carbons (Fsp3) is 0.462. The number of para-hydroxylation sites is 1. The molecule has 1 aliphatic carbocycles. The molecule has 0 bridgehead atoms. The molecule has 1 aromatic rings. The van der Waals surface area contributed by atoms with Crippen LogP contribution in [0.25, 0.3) is 0 Å². The number of aromatic carboxylic acids is 1. The Bertz CT molecular complexity index is 442. The predicted molar refractivity (Wildman–Crippen MR) is 69.9 cm³/mol. The molecule has 5 nitrogen and oxygen atoms in total. The first kappa shape index (κ1) is 12.7. The third kappa shape index (κ3) is 2.56. The Morgan fingerprint density at radius 3 is 2.89 bits per heavy atom. The third-order valence-electron chi connectivity index (χ3n) is 3.19. The molecule has 0 unspecified atom stereocenters. The highest BCUT2D eigenvalue weighted by atomic mass is 16.5. The monoisotopic (exact) mass is 250 g/mol. The molecular formula is C13H18N2O3. The van der Waals surface area contributed by atoms with E-state index in [2.05, 4.69) is 5.32 Å². The van der Waals surface area contributed by atoms with Crippen molar-refractivity contribution in [1.29, 1.82) is 0 Å². The number of ether oxygens (including phenoxy) is 1. The molecule has 4 N–H and O–H groups in total. The van der Waals surface area contributed by atoms with Crippen LogP contribution in [-0.2, 0) is 4.74 Å². The Kier molecular flexibility index (Phi) is 3.72. The summed E-state index contributed by atoms with van der Waals surface area (Å²) in [5.74, 6) is -1.00. The van der Waals surface area contributed by atoms with E-state index in [0.29, 0.717) is 23.5 Å². The summed E-state index contributed by atoms with van der Waals surface area (Å²) in [6.45, 7) is 2.71. The number of carboxylic acid groups (broad SMARTS) is 1. The molecule has 0 atom stereocenters. The van der Waals surface area contributed by atoms with Crippen molar-refractivity contribution >= 4 is 17.3 Å². The van der Waals surface area contributed by atoms with Crippen LogP contribution in [0.4, 0.5) is 11.4 Å².